The van der Waals surface area contributed by atoms with Crippen LogP contribution >= 0.6 is 11.6 Å². The van der Waals surface area contributed by atoms with Crippen LogP contribution in [-0.4, -0.2) is 29.6 Å². The molecule has 14 heavy (non-hydrogen) atoms. The Morgan fingerprint density at radius 2 is 2.50 bits per heavy atom. The molecule has 1 rings (SSSR count). The highest BCUT2D eigenvalue weighted by Crippen LogP contribution is 2.27. The van der Waals surface area contributed by atoms with Gasteiger partial charge >= 0.3 is 0 Å². The van der Waals surface area contributed by atoms with Crippen LogP contribution in [0.5, 0.6) is 0 Å². The third kappa shape index (κ3) is 2.41. The number of aldehydes is 1. The first-order valence-corrected chi connectivity index (χ1v) is 5.05. The minimum atomic E-state index is -1.98. The third-order valence-electron chi connectivity index (χ3n) is 2.18. The SMILES string of the molecule is CC/C=C\C1=NCC(F)(C=O)[C@H](Cl)C1. The lowest BCUT2D eigenvalue weighted by Gasteiger charge is -2.27. The number of hydrogen-bond acceptors (Lipinski definition) is 2. The molecular formula is C10H13ClFNO. The molecule has 1 aliphatic heterocycles. The van der Waals surface area contributed by atoms with E-state index < -0.39 is 11.0 Å². The number of alkyl halides is 2. The van der Waals surface area contributed by atoms with Gasteiger partial charge in [-0.3, -0.25) is 9.79 Å². The number of carbonyl (C=O) groups excluding carboxylic acids is 1. The number of carbonyl (C=O) groups is 1. The Bertz CT molecular complexity index is 277. The highest BCUT2D eigenvalue weighted by molar-refractivity contribution is 6.24. The zero-order valence-electron chi connectivity index (χ0n) is 8.04. The molecule has 0 bridgehead atoms. The summed E-state index contributed by atoms with van der Waals surface area (Å²) in [6.45, 7) is 1.84. The van der Waals surface area contributed by atoms with Gasteiger partial charge in [0.25, 0.3) is 0 Å². The Morgan fingerprint density at radius 3 is 3.00 bits per heavy atom. The van der Waals surface area contributed by atoms with E-state index in [1.807, 2.05) is 19.1 Å². The molecule has 0 fully saturated rings. The number of halogens is 2. The third-order valence-corrected chi connectivity index (χ3v) is 2.69. The van der Waals surface area contributed by atoms with Crippen LogP contribution < -0.4 is 0 Å². The van der Waals surface area contributed by atoms with Crippen molar-refractivity contribution in [3.05, 3.63) is 12.2 Å². The summed E-state index contributed by atoms with van der Waals surface area (Å²) >= 11 is 5.78. The Labute approximate surface area is 87.9 Å². The lowest BCUT2D eigenvalue weighted by atomic mass is 9.95. The average Bonchev–Trinajstić information content (AvgIpc) is 2.20. The van der Waals surface area contributed by atoms with Gasteiger partial charge in [0, 0.05) is 12.1 Å². The van der Waals surface area contributed by atoms with E-state index >= 15 is 0 Å². The zero-order chi connectivity index (χ0) is 10.6. The van der Waals surface area contributed by atoms with Crippen LogP contribution in [0, 0.1) is 0 Å². The van der Waals surface area contributed by atoms with Crippen molar-refractivity contribution in [1.29, 1.82) is 0 Å². The van der Waals surface area contributed by atoms with Crippen molar-refractivity contribution in [2.75, 3.05) is 6.54 Å². The summed E-state index contributed by atoms with van der Waals surface area (Å²) in [5.74, 6) is 0. The van der Waals surface area contributed by atoms with E-state index in [1.54, 1.807) is 0 Å². The Morgan fingerprint density at radius 1 is 1.79 bits per heavy atom. The van der Waals surface area contributed by atoms with Crippen LogP contribution in [0.4, 0.5) is 4.39 Å². The highest BCUT2D eigenvalue weighted by atomic mass is 35.5. The molecule has 1 heterocycles. The van der Waals surface area contributed by atoms with Crippen molar-refractivity contribution < 1.29 is 9.18 Å². The van der Waals surface area contributed by atoms with Crippen molar-refractivity contribution in [2.45, 2.75) is 30.8 Å². The van der Waals surface area contributed by atoms with Crippen LogP contribution in [-0.2, 0) is 4.79 Å². The molecule has 0 saturated heterocycles. The fraction of sp³-hybridized carbons (Fsp3) is 0.600. The number of rotatable bonds is 3. The molecule has 2 nitrogen and oxygen atoms in total. The van der Waals surface area contributed by atoms with Crippen LogP contribution in [0.2, 0.25) is 0 Å². The smallest absolute Gasteiger partial charge is 0.201 e. The normalized spacial score (nSPS) is 33.1. The predicted molar refractivity (Wildman–Crippen MR) is 55.9 cm³/mol. The number of aliphatic imine (C=N–C) groups is 1. The lowest BCUT2D eigenvalue weighted by Crippen LogP contribution is -2.43. The van der Waals surface area contributed by atoms with Crippen LogP contribution in [0.3, 0.4) is 0 Å². The maximum absolute atomic E-state index is 13.6. The summed E-state index contributed by atoms with van der Waals surface area (Å²) in [5, 5.41) is -0.797. The van der Waals surface area contributed by atoms with Crippen molar-refractivity contribution in [3.8, 4) is 0 Å². The minimum absolute atomic E-state index is 0.159. The van der Waals surface area contributed by atoms with Gasteiger partial charge in [-0.1, -0.05) is 13.0 Å². The first-order chi connectivity index (χ1) is 6.62. The molecule has 4 heteroatoms. The van der Waals surface area contributed by atoms with Gasteiger partial charge < -0.3 is 0 Å². The fourth-order valence-corrected chi connectivity index (χ4v) is 1.50. The molecular weight excluding hydrogens is 205 g/mol. The second kappa shape index (κ2) is 4.69. The molecule has 0 saturated carbocycles. The first-order valence-electron chi connectivity index (χ1n) is 4.61. The Balaban J connectivity index is 2.72. The topological polar surface area (TPSA) is 29.4 Å². The molecule has 0 N–H and O–H groups in total. The van der Waals surface area contributed by atoms with E-state index in [-0.39, 0.29) is 12.8 Å². The molecule has 0 aromatic heterocycles. The standard InChI is InChI=1S/C10H13ClFNO/c1-2-3-4-8-5-9(11)10(12,7-14)6-13-8/h3-4,7,9H,2,5-6H2,1H3/b4-3-/t9-,10?/m1/s1. The fourth-order valence-electron chi connectivity index (χ4n) is 1.23. The van der Waals surface area contributed by atoms with E-state index in [4.69, 9.17) is 11.6 Å². The minimum Gasteiger partial charge on any atom is -0.300 e. The molecule has 0 amide bonds. The summed E-state index contributed by atoms with van der Waals surface area (Å²) in [4.78, 5) is 14.4. The lowest BCUT2D eigenvalue weighted by molar-refractivity contribution is -0.117. The van der Waals surface area contributed by atoms with Crippen LogP contribution in [0.1, 0.15) is 19.8 Å². The Kier molecular flexibility index (Phi) is 3.81. The quantitative estimate of drug-likeness (QED) is 0.527. The summed E-state index contributed by atoms with van der Waals surface area (Å²) in [7, 11) is 0. The molecule has 2 atom stereocenters. The maximum atomic E-state index is 13.6. The number of nitrogens with zero attached hydrogens (tertiary/aromatic N) is 1. The molecule has 1 unspecified atom stereocenters. The summed E-state index contributed by atoms with van der Waals surface area (Å²) in [6.07, 6.45) is 5.25. The van der Waals surface area contributed by atoms with Crippen molar-refractivity contribution in [2.24, 2.45) is 4.99 Å². The second-order valence-electron chi connectivity index (χ2n) is 3.33. The predicted octanol–water partition coefficient (Wildman–Crippen LogP) is 2.31. The molecule has 0 aromatic rings. The van der Waals surface area contributed by atoms with E-state index in [0.29, 0.717) is 6.42 Å². The van der Waals surface area contributed by atoms with E-state index in [2.05, 4.69) is 4.99 Å². The van der Waals surface area contributed by atoms with Gasteiger partial charge in [-0.15, -0.1) is 11.6 Å². The number of hydrogen-bond donors (Lipinski definition) is 0. The molecule has 0 radical (unpaired) electrons. The van der Waals surface area contributed by atoms with E-state index in [0.717, 1.165) is 12.1 Å². The average molecular weight is 218 g/mol. The number of allylic oxidation sites excluding steroid dienone is 2. The van der Waals surface area contributed by atoms with Gasteiger partial charge in [0.15, 0.2) is 6.29 Å². The molecule has 1 aliphatic rings. The van der Waals surface area contributed by atoms with E-state index in [1.165, 1.54) is 0 Å². The van der Waals surface area contributed by atoms with Gasteiger partial charge in [0.05, 0.1) is 11.9 Å². The van der Waals surface area contributed by atoms with Crippen molar-refractivity contribution in [1.82, 2.24) is 0 Å². The van der Waals surface area contributed by atoms with Crippen LogP contribution in [0.25, 0.3) is 0 Å². The van der Waals surface area contributed by atoms with Gasteiger partial charge in [-0.05, 0) is 12.5 Å². The summed E-state index contributed by atoms with van der Waals surface area (Å²) in [5.41, 5.74) is -1.22. The first kappa shape index (κ1) is 11.4. The molecule has 0 spiro atoms. The van der Waals surface area contributed by atoms with Gasteiger partial charge in [0.2, 0.25) is 5.67 Å². The van der Waals surface area contributed by atoms with Crippen molar-refractivity contribution >= 4 is 23.6 Å². The van der Waals surface area contributed by atoms with Gasteiger partial charge in [-0.2, -0.15) is 0 Å². The summed E-state index contributed by atoms with van der Waals surface area (Å²) in [6, 6.07) is 0. The highest BCUT2D eigenvalue weighted by Gasteiger charge is 2.40. The van der Waals surface area contributed by atoms with Gasteiger partial charge in [-0.25, -0.2) is 4.39 Å². The van der Waals surface area contributed by atoms with Crippen molar-refractivity contribution in [3.63, 3.8) is 0 Å². The monoisotopic (exact) mass is 217 g/mol. The van der Waals surface area contributed by atoms with E-state index in [9.17, 15) is 9.18 Å². The van der Waals surface area contributed by atoms with Gasteiger partial charge in [0.1, 0.15) is 0 Å². The Hall–Kier alpha value is -0.700. The maximum Gasteiger partial charge on any atom is 0.201 e. The summed E-state index contributed by atoms with van der Waals surface area (Å²) < 4.78 is 13.6. The largest absolute Gasteiger partial charge is 0.300 e. The molecule has 0 aromatic carbocycles. The molecule has 78 valence electrons. The van der Waals surface area contributed by atoms with Crippen LogP contribution in [0.15, 0.2) is 17.1 Å². The second-order valence-corrected chi connectivity index (χ2v) is 3.86. The zero-order valence-corrected chi connectivity index (χ0v) is 8.80. The molecule has 0 aliphatic carbocycles.